The van der Waals surface area contributed by atoms with Crippen LogP contribution in [0.3, 0.4) is 0 Å². The van der Waals surface area contributed by atoms with Gasteiger partial charge in [0.25, 0.3) is 0 Å². The van der Waals surface area contributed by atoms with Crippen molar-refractivity contribution in [2.45, 2.75) is 25.7 Å². The number of carbonyl (C=O) groups excluding carboxylic acids is 1. The number of nitrogens with zero attached hydrogens (tertiary/aromatic N) is 1. The fourth-order valence-electron chi connectivity index (χ4n) is 1.61. The van der Waals surface area contributed by atoms with Gasteiger partial charge >= 0.3 is 0 Å². The minimum atomic E-state index is 0.124. The molecule has 2 nitrogen and oxygen atoms in total. The van der Waals surface area contributed by atoms with Crippen molar-refractivity contribution in [1.82, 2.24) is 4.90 Å². The Morgan fingerprint density at radius 1 is 1.23 bits per heavy atom. The highest BCUT2D eigenvalue weighted by atomic mass is 16.2. The van der Waals surface area contributed by atoms with Gasteiger partial charge in [-0.05, 0) is 43.6 Å². The zero-order valence-electron chi connectivity index (χ0n) is 8.04. The van der Waals surface area contributed by atoms with E-state index in [2.05, 4.69) is 6.58 Å². The Kier molecular flexibility index (Phi) is 2.38. The Labute approximate surface area is 79.6 Å². The summed E-state index contributed by atoms with van der Waals surface area (Å²) >= 11 is 0. The third-order valence-electron chi connectivity index (χ3n) is 2.84. The monoisotopic (exact) mass is 179 g/mol. The lowest BCUT2D eigenvalue weighted by molar-refractivity contribution is -0.126. The standard InChI is InChI=1S/C11H17NO/c1-2-11(13)12(7-9-3-4-9)8-10-5-6-10/h2,9-10H,1,3-8H2. The molecule has 0 saturated heterocycles. The van der Waals surface area contributed by atoms with Gasteiger partial charge in [0.15, 0.2) is 0 Å². The predicted molar refractivity (Wildman–Crippen MR) is 52.2 cm³/mol. The number of hydrogen-bond donors (Lipinski definition) is 0. The highest BCUT2D eigenvalue weighted by Gasteiger charge is 2.30. The van der Waals surface area contributed by atoms with E-state index in [1.165, 1.54) is 31.8 Å². The van der Waals surface area contributed by atoms with Crippen LogP contribution in [0.4, 0.5) is 0 Å². The molecule has 0 radical (unpaired) electrons. The van der Waals surface area contributed by atoms with Gasteiger partial charge in [-0.1, -0.05) is 6.58 Å². The molecule has 13 heavy (non-hydrogen) atoms. The Bertz CT molecular complexity index is 202. The van der Waals surface area contributed by atoms with Gasteiger partial charge in [-0.2, -0.15) is 0 Å². The Balaban J connectivity index is 1.83. The minimum absolute atomic E-state index is 0.124. The first-order chi connectivity index (χ1) is 6.29. The first-order valence-electron chi connectivity index (χ1n) is 5.21. The number of carbonyl (C=O) groups is 1. The molecule has 0 aliphatic heterocycles. The third kappa shape index (κ3) is 2.58. The molecule has 2 aliphatic carbocycles. The van der Waals surface area contributed by atoms with Crippen LogP contribution in [0.1, 0.15) is 25.7 Å². The average Bonchev–Trinajstić information content (AvgIpc) is 2.94. The second-order valence-corrected chi connectivity index (χ2v) is 4.33. The molecule has 2 rings (SSSR count). The van der Waals surface area contributed by atoms with Crippen molar-refractivity contribution >= 4 is 5.91 Å². The van der Waals surface area contributed by atoms with Crippen LogP contribution in [0.2, 0.25) is 0 Å². The Morgan fingerprint density at radius 2 is 1.69 bits per heavy atom. The maximum atomic E-state index is 11.4. The summed E-state index contributed by atoms with van der Waals surface area (Å²) in [5.41, 5.74) is 0. The van der Waals surface area contributed by atoms with Crippen molar-refractivity contribution in [1.29, 1.82) is 0 Å². The molecule has 0 aromatic heterocycles. The third-order valence-corrected chi connectivity index (χ3v) is 2.84. The van der Waals surface area contributed by atoms with E-state index >= 15 is 0 Å². The zero-order chi connectivity index (χ0) is 9.26. The van der Waals surface area contributed by atoms with Gasteiger partial charge in [0.2, 0.25) is 5.91 Å². The molecule has 1 amide bonds. The second-order valence-electron chi connectivity index (χ2n) is 4.33. The fraction of sp³-hybridized carbons (Fsp3) is 0.727. The van der Waals surface area contributed by atoms with E-state index < -0.39 is 0 Å². The van der Waals surface area contributed by atoms with Crippen LogP contribution in [-0.4, -0.2) is 23.9 Å². The number of amides is 1. The van der Waals surface area contributed by atoms with Crippen LogP contribution in [-0.2, 0) is 4.79 Å². The molecule has 0 aromatic rings. The number of hydrogen-bond acceptors (Lipinski definition) is 1. The molecule has 0 unspecified atom stereocenters. The van der Waals surface area contributed by atoms with Gasteiger partial charge in [-0.25, -0.2) is 0 Å². The lowest BCUT2D eigenvalue weighted by Gasteiger charge is -2.20. The molecule has 0 heterocycles. The van der Waals surface area contributed by atoms with Crippen LogP contribution in [0.5, 0.6) is 0 Å². The van der Waals surface area contributed by atoms with Gasteiger partial charge in [-0.15, -0.1) is 0 Å². The molecule has 2 fully saturated rings. The van der Waals surface area contributed by atoms with Gasteiger partial charge in [-0.3, -0.25) is 4.79 Å². The second kappa shape index (κ2) is 3.52. The summed E-state index contributed by atoms with van der Waals surface area (Å²) in [6.07, 6.45) is 6.69. The van der Waals surface area contributed by atoms with E-state index in [4.69, 9.17) is 0 Å². The SMILES string of the molecule is C=CC(=O)N(CC1CC1)CC1CC1. The summed E-state index contributed by atoms with van der Waals surface area (Å²) in [7, 11) is 0. The first kappa shape index (κ1) is 8.79. The van der Waals surface area contributed by atoms with Crippen LogP contribution in [0, 0.1) is 11.8 Å². The molecule has 0 bridgehead atoms. The summed E-state index contributed by atoms with van der Waals surface area (Å²) < 4.78 is 0. The van der Waals surface area contributed by atoms with Crippen LogP contribution in [0.25, 0.3) is 0 Å². The van der Waals surface area contributed by atoms with Crippen molar-refractivity contribution in [3.8, 4) is 0 Å². The van der Waals surface area contributed by atoms with E-state index in [0.717, 1.165) is 24.9 Å². The summed E-state index contributed by atoms with van der Waals surface area (Å²) in [6.45, 7) is 5.49. The van der Waals surface area contributed by atoms with Gasteiger partial charge in [0.1, 0.15) is 0 Å². The Hall–Kier alpha value is -0.790. The summed E-state index contributed by atoms with van der Waals surface area (Å²) in [4.78, 5) is 13.4. The van der Waals surface area contributed by atoms with Gasteiger partial charge < -0.3 is 4.90 Å². The van der Waals surface area contributed by atoms with Crippen molar-refractivity contribution < 1.29 is 4.79 Å². The van der Waals surface area contributed by atoms with Crippen molar-refractivity contribution in [2.75, 3.05) is 13.1 Å². The molecule has 2 saturated carbocycles. The highest BCUT2D eigenvalue weighted by molar-refractivity contribution is 5.87. The molecule has 0 atom stereocenters. The van der Waals surface area contributed by atoms with Crippen molar-refractivity contribution in [2.24, 2.45) is 11.8 Å². The summed E-state index contributed by atoms with van der Waals surface area (Å²) in [6, 6.07) is 0. The van der Waals surface area contributed by atoms with Gasteiger partial charge in [0, 0.05) is 13.1 Å². The number of rotatable bonds is 5. The molecule has 72 valence electrons. The molecule has 0 spiro atoms. The molecule has 0 N–H and O–H groups in total. The lowest BCUT2D eigenvalue weighted by atomic mass is 10.3. The largest absolute Gasteiger partial charge is 0.339 e. The fourth-order valence-corrected chi connectivity index (χ4v) is 1.61. The predicted octanol–water partition coefficient (Wildman–Crippen LogP) is 1.82. The lowest BCUT2D eigenvalue weighted by Crippen LogP contribution is -2.33. The Morgan fingerprint density at radius 3 is 2.00 bits per heavy atom. The molecule has 2 heteroatoms. The van der Waals surface area contributed by atoms with E-state index in [0.29, 0.717) is 0 Å². The van der Waals surface area contributed by atoms with Crippen LogP contribution < -0.4 is 0 Å². The zero-order valence-corrected chi connectivity index (χ0v) is 8.04. The quantitative estimate of drug-likeness (QED) is 0.589. The minimum Gasteiger partial charge on any atom is -0.339 e. The maximum Gasteiger partial charge on any atom is 0.245 e. The summed E-state index contributed by atoms with van der Waals surface area (Å²) in [5, 5.41) is 0. The van der Waals surface area contributed by atoms with Crippen LogP contribution in [0.15, 0.2) is 12.7 Å². The molecular formula is C11H17NO. The molecule has 0 aromatic carbocycles. The van der Waals surface area contributed by atoms with Crippen molar-refractivity contribution in [3.05, 3.63) is 12.7 Å². The smallest absolute Gasteiger partial charge is 0.245 e. The van der Waals surface area contributed by atoms with Crippen LogP contribution >= 0.6 is 0 Å². The van der Waals surface area contributed by atoms with E-state index in [9.17, 15) is 4.79 Å². The summed E-state index contributed by atoms with van der Waals surface area (Å²) in [5.74, 6) is 1.71. The van der Waals surface area contributed by atoms with E-state index in [1.807, 2.05) is 4.90 Å². The molecular weight excluding hydrogens is 162 g/mol. The maximum absolute atomic E-state index is 11.4. The van der Waals surface area contributed by atoms with E-state index in [1.54, 1.807) is 0 Å². The van der Waals surface area contributed by atoms with Crippen molar-refractivity contribution in [3.63, 3.8) is 0 Å². The molecule has 2 aliphatic rings. The highest BCUT2D eigenvalue weighted by Crippen LogP contribution is 2.33. The van der Waals surface area contributed by atoms with Gasteiger partial charge in [0.05, 0.1) is 0 Å². The normalized spacial score (nSPS) is 21.2. The first-order valence-corrected chi connectivity index (χ1v) is 5.21. The average molecular weight is 179 g/mol. The van der Waals surface area contributed by atoms with E-state index in [-0.39, 0.29) is 5.91 Å². The topological polar surface area (TPSA) is 20.3 Å².